The Balaban J connectivity index is 2.15. The maximum absolute atomic E-state index is 5.44. The van der Waals surface area contributed by atoms with Crippen LogP contribution < -0.4 is 5.32 Å². The Morgan fingerprint density at radius 3 is 2.71 bits per heavy atom. The van der Waals surface area contributed by atoms with Gasteiger partial charge in [0.05, 0.1) is 11.7 Å². The number of hydrogen-bond acceptors (Lipinski definition) is 4. The predicted octanol–water partition coefficient (Wildman–Crippen LogP) is 2.70. The van der Waals surface area contributed by atoms with Crippen LogP contribution in [-0.2, 0) is 11.2 Å². The van der Waals surface area contributed by atoms with Crippen molar-refractivity contribution in [2.75, 3.05) is 20.3 Å². The van der Waals surface area contributed by atoms with Crippen LogP contribution in [0.1, 0.15) is 41.4 Å². The van der Waals surface area contributed by atoms with E-state index >= 15 is 0 Å². The number of aromatic nitrogens is 1. The van der Waals surface area contributed by atoms with E-state index in [0.717, 1.165) is 32.5 Å². The minimum absolute atomic E-state index is 0.405. The minimum Gasteiger partial charge on any atom is -0.381 e. The second-order valence-corrected chi connectivity index (χ2v) is 5.86. The van der Waals surface area contributed by atoms with Crippen LogP contribution >= 0.6 is 11.3 Å². The van der Waals surface area contributed by atoms with Crippen LogP contribution in [0.15, 0.2) is 0 Å². The fourth-order valence-electron chi connectivity index (χ4n) is 2.52. The first-order chi connectivity index (χ1) is 8.26. The number of hydrogen-bond donors (Lipinski definition) is 1. The summed E-state index contributed by atoms with van der Waals surface area (Å²) in [4.78, 5) is 6.16. The summed E-state index contributed by atoms with van der Waals surface area (Å²) in [6, 6.07) is 0.405. The monoisotopic (exact) mass is 254 g/mol. The fraction of sp³-hybridized carbons (Fsp3) is 0.769. The third kappa shape index (κ3) is 2.87. The molecule has 1 atom stereocenters. The van der Waals surface area contributed by atoms with Gasteiger partial charge in [0.15, 0.2) is 0 Å². The van der Waals surface area contributed by atoms with E-state index in [-0.39, 0.29) is 0 Å². The van der Waals surface area contributed by atoms with Crippen molar-refractivity contribution < 1.29 is 4.74 Å². The van der Waals surface area contributed by atoms with Gasteiger partial charge in [-0.1, -0.05) is 6.92 Å². The molecule has 2 heterocycles. The van der Waals surface area contributed by atoms with Gasteiger partial charge in [-0.2, -0.15) is 0 Å². The van der Waals surface area contributed by atoms with Gasteiger partial charge >= 0.3 is 0 Å². The van der Waals surface area contributed by atoms with Crippen LogP contribution in [0, 0.1) is 12.8 Å². The van der Waals surface area contributed by atoms with Crippen LogP contribution in [0.5, 0.6) is 0 Å². The molecule has 0 aromatic carbocycles. The van der Waals surface area contributed by atoms with Crippen molar-refractivity contribution in [1.29, 1.82) is 0 Å². The average molecular weight is 254 g/mol. The Morgan fingerprint density at radius 2 is 2.18 bits per heavy atom. The van der Waals surface area contributed by atoms with E-state index in [0.29, 0.717) is 12.0 Å². The summed E-state index contributed by atoms with van der Waals surface area (Å²) in [5.74, 6) is 0.670. The highest BCUT2D eigenvalue weighted by atomic mass is 32.1. The molecule has 0 bridgehead atoms. The van der Waals surface area contributed by atoms with E-state index in [1.807, 2.05) is 18.4 Å². The summed E-state index contributed by atoms with van der Waals surface area (Å²) in [5, 5.41) is 4.70. The molecule has 1 N–H and O–H groups in total. The zero-order valence-corrected chi connectivity index (χ0v) is 11.8. The van der Waals surface area contributed by atoms with Crippen LogP contribution in [-0.4, -0.2) is 25.2 Å². The van der Waals surface area contributed by atoms with Crippen molar-refractivity contribution in [3.05, 3.63) is 15.6 Å². The van der Waals surface area contributed by atoms with Gasteiger partial charge in [-0.05, 0) is 39.2 Å². The van der Waals surface area contributed by atoms with Crippen molar-refractivity contribution in [2.45, 2.75) is 39.2 Å². The van der Waals surface area contributed by atoms with Crippen molar-refractivity contribution >= 4 is 11.3 Å². The molecule has 1 fully saturated rings. The van der Waals surface area contributed by atoms with Crippen LogP contribution in [0.3, 0.4) is 0 Å². The Morgan fingerprint density at radius 1 is 1.47 bits per heavy atom. The highest BCUT2D eigenvalue weighted by Gasteiger charge is 2.26. The number of ether oxygens (including phenoxy) is 1. The van der Waals surface area contributed by atoms with Gasteiger partial charge in [0.25, 0.3) is 0 Å². The molecular weight excluding hydrogens is 232 g/mol. The molecule has 0 saturated carbocycles. The largest absolute Gasteiger partial charge is 0.381 e. The van der Waals surface area contributed by atoms with Gasteiger partial charge in [0, 0.05) is 18.1 Å². The highest BCUT2D eigenvalue weighted by Crippen LogP contribution is 2.33. The summed E-state index contributed by atoms with van der Waals surface area (Å²) in [6.07, 6.45) is 3.32. The van der Waals surface area contributed by atoms with Gasteiger partial charge in [-0.15, -0.1) is 11.3 Å². The lowest BCUT2D eigenvalue weighted by Crippen LogP contribution is -2.29. The topological polar surface area (TPSA) is 34.2 Å². The van der Waals surface area contributed by atoms with Gasteiger partial charge in [-0.3, -0.25) is 0 Å². The van der Waals surface area contributed by atoms with Crippen molar-refractivity contribution in [3.63, 3.8) is 0 Å². The highest BCUT2D eigenvalue weighted by molar-refractivity contribution is 7.11. The molecule has 0 aliphatic carbocycles. The smallest absolute Gasteiger partial charge is 0.110 e. The lowest BCUT2D eigenvalue weighted by atomic mass is 9.92. The quantitative estimate of drug-likeness (QED) is 0.897. The zero-order chi connectivity index (χ0) is 12.3. The van der Waals surface area contributed by atoms with Crippen molar-refractivity contribution in [2.24, 2.45) is 5.92 Å². The van der Waals surface area contributed by atoms with Gasteiger partial charge in [-0.25, -0.2) is 4.98 Å². The molecule has 0 amide bonds. The second-order valence-electron chi connectivity index (χ2n) is 4.62. The standard InChI is InChI=1S/C13H22N2OS/c1-4-11-9(2)17-13(15-11)12(14-3)10-5-7-16-8-6-10/h10,12,14H,4-8H2,1-3H3. The SMILES string of the molecule is CCc1nc(C(NC)C2CCOCC2)sc1C. The summed E-state index contributed by atoms with van der Waals surface area (Å²) < 4.78 is 5.44. The fourth-order valence-corrected chi connectivity index (χ4v) is 3.74. The molecule has 1 aromatic rings. The van der Waals surface area contributed by atoms with Crippen LogP contribution in [0.4, 0.5) is 0 Å². The first-order valence-electron chi connectivity index (χ1n) is 6.47. The van der Waals surface area contributed by atoms with Crippen LogP contribution in [0.25, 0.3) is 0 Å². The molecule has 0 radical (unpaired) electrons. The molecule has 1 aromatic heterocycles. The Bertz CT molecular complexity index is 358. The van der Waals surface area contributed by atoms with Gasteiger partial charge < -0.3 is 10.1 Å². The van der Waals surface area contributed by atoms with E-state index in [1.54, 1.807) is 0 Å². The lowest BCUT2D eigenvalue weighted by Gasteiger charge is -2.28. The lowest BCUT2D eigenvalue weighted by molar-refractivity contribution is 0.0546. The van der Waals surface area contributed by atoms with E-state index in [4.69, 9.17) is 9.72 Å². The first kappa shape index (κ1) is 13.0. The third-order valence-corrected chi connectivity index (χ3v) is 4.65. The Kier molecular flexibility index (Phi) is 4.54. The van der Waals surface area contributed by atoms with Crippen LogP contribution in [0.2, 0.25) is 0 Å². The average Bonchev–Trinajstić information content (AvgIpc) is 2.73. The zero-order valence-electron chi connectivity index (χ0n) is 11.0. The number of nitrogens with one attached hydrogen (secondary N) is 1. The minimum atomic E-state index is 0.405. The molecule has 0 spiro atoms. The third-order valence-electron chi connectivity index (χ3n) is 3.56. The van der Waals surface area contributed by atoms with E-state index in [1.165, 1.54) is 15.6 Å². The van der Waals surface area contributed by atoms with Gasteiger partial charge in [0.2, 0.25) is 0 Å². The number of aryl methyl sites for hydroxylation is 2. The maximum atomic E-state index is 5.44. The molecule has 17 heavy (non-hydrogen) atoms. The molecule has 1 saturated heterocycles. The summed E-state index contributed by atoms with van der Waals surface area (Å²) in [5.41, 5.74) is 1.26. The van der Waals surface area contributed by atoms with Crippen molar-refractivity contribution in [3.8, 4) is 0 Å². The normalized spacial score (nSPS) is 19.5. The van der Waals surface area contributed by atoms with Crippen molar-refractivity contribution in [1.82, 2.24) is 10.3 Å². The van der Waals surface area contributed by atoms with E-state index in [2.05, 4.69) is 19.2 Å². The molecule has 1 unspecified atom stereocenters. The molecule has 4 heteroatoms. The van der Waals surface area contributed by atoms with Gasteiger partial charge in [0.1, 0.15) is 5.01 Å². The maximum Gasteiger partial charge on any atom is 0.110 e. The molecular formula is C13H22N2OS. The molecule has 96 valence electrons. The summed E-state index contributed by atoms with van der Waals surface area (Å²) in [6.45, 7) is 6.15. The first-order valence-corrected chi connectivity index (χ1v) is 7.29. The second kappa shape index (κ2) is 5.94. The Hall–Kier alpha value is -0.450. The summed E-state index contributed by atoms with van der Waals surface area (Å²) >= 11 is 1.85. The molecule has 1 aliphatic heterocycles. The van der Waals surface area contributed by atoms with E-state index in [9.17, 15) is 0 Å². The number of rotatable bonds is 4. The molecule has 1 aliphatic rings. The predicted molar refractivity (Wildman–Crippen MR) is 71.6 cm³/mol. The number of thiazole rings is 1. The Labute approximate surface area is 108 Å². The van der Waals surface area contributed by atoms with E-state index < -0.39 is 0 Å². The molecule has 3 nitrogen and oxygen atoms in total. The molecule has 2 rings (SSSR count). The summed E-state index contributed by atoms with van der Waals surface area (Å²) in [7, 11) is 2.04. The number of nitrogens with zero attached hydrogens (tertiary/aromatic N) is 1.